The fourth-order valence-electron chi connectivity index (χ4n) is 2.54. The lowest BCUT2D eigenvalue weighted by Gasteiger charge is -2.21. The SMILES string of the molecule is Cc1cc(-c2c(SC(C)(C)C(=O)O)ccc3cnsc23)ccc1C#N. The molecule has 6 heteroatoms. The molecule has 0 aliphatic rings. The summed E-state index contributed by atoms with van der Waals surface area (Å²) in [5, 5.41) is 19.7. The van der Waals surface area contributed by atoms with E-state index in [-0.39, 0.29) is 0 Å². The van der Waals surface area contributed by atoms with Crippen molar-refractivity contribution in [2.75, 3.05) is 0 Å². The molecule has 126 valence electrons. The third-order valence-corrected chi connectivity index (χ3v) is 6.08. The number of hydrogen-bond donors (Lipinski definition) is 1. The number of carbonyl (C=O) groups is 1. The monoisotopic (exact) mass is 368 g/mol. The van der Waals surface area contributed by atoms with Crippen LogP contribution in [0.5, 0.6) is 0 Å². The van der Waals surface area contributed by atoms with Crippen LogP contribution < -0.4 is 0 Å². The first kappa shape index (κ1) is 17.5. The van der Waals surface area contributed by atoms with Crippen molar-refractivity contribution < 1.29 is 9.90 Å². The number of aromatic nitrogens is 1. The lowest BCUT2D eigenvalue weighted by atomic mass is 9.99. The van der Waals surface area contributed by atoms with E-state index in [1.807, 2.05) is 37.4 Å². The molecule has 0 atom stereocenters. The summed E-state index contributed by atoms with van der Waals surface area (Å²) in [6.45, 7) is 5.30. The van der Waals surface area contributed by atoms with Gasteiger partial charge in [-0.1, -0.05) is 18.2 Å². The Morgan fingerprint density at radius 2 is 2.08 bits per heavy atom. The summed E-state index contributed by atoms with van der Waals surface area (Å²) in [6.07, 6.45) is 1.82. The van der Waals surface area contributed by atoms with Crippen molar-refractivity contribution in [3.05, 3.63) is 47.7 Å². The van der Waals surface area contributed by atoms with E-state index in [1.54, 1.807) is 19.9 Å². The summed E-state index contributed by atoms with van der Waals surface area (Å²) in [7, 11) is 0. The molecule has 0 bridgehead atoms. The maximum Gasteiger partial charge on any atom is 0.319 e. The van der Waals surface area contributed by atoms with Crippen LogP contribution in [0.15, 0.2) is 41.4 Å². The van der Waals surface area contributed by atoms with Gasteiger partial charge in [0, 0.05) is 22.0 Å². The van der Waals surface area contributed by atoms with E-state index < -0.39 is 10.7 Å². The van der Waals surface area contributed by atoms with Crippen LogP contribution in [-0.4, -0.2) is 20.2 Å². The van der Waals surface area contributed by atoms with E-state index in [9.17, 15) is 9.90 Å². The average molecular weight is 368 g/mol. The van der Waals surface area contributed by atoms with E-state index >= 15 is 0 Å². The Labute approximate surface area is 154 Å². The van der Waals surface area contributed by atoms with E-state index in [1.165, 1.54) is 23.3 Å². The zero-order valence-corrected chi connectivity index (χ0v) is 15.7. The zero-order chi connectivity index (χ0) is 18.2. The van der Waals surface area contributed by atoms with Crippen molar-refractivity contribution in [1.82, 2.24) is 4.37 Å². The van der Waals surface area contributed by atoms with Crippen LogP contribution in [0, 0.1) is 18.3 Å². The quantitative estimate of drug-likeness (QED) is 0.649. The molecule has 0 spiro atoms. The Kier molecular flexibility index (Phi) is 4.55. The summed E-state index contributed by atoms with van der Waals surface area (Å²) in [4.78, 5) is 12.5. The van der Waals surface area contributed by atoms with E-state index in [2.05, 4.69) is 10.4 Å². The van der Waals surface area contributed by atoms with Crippen molar-refractivity contribution in [2.45, 2.75) is 30.4 Å². The van der Waals surface area contributed by atoms with Gasteiger partial charge in [-0.25, -0.2) is 0 Å². The van der Waals surface area contributed by atoms with Crippen LogP contribution in [0.1, 0.15) is 25.0 Å². The molecule has 4 nitrogen and oxygen atoms in total. The fraction of sp³-hybridized carbons (Fsp3) is 0.211. The zero-order valence-electron chi connectivity index (χ0n) is 14.0. The number of thioether (sulfide) groups is 1. The van der Waals surface area contributed by atoms with Gasteiger partial charge >= 0.3 is 5.97 Å². The summed E-state index contributed by atoms with van der Waals surface area (Å²) in [6, 6.07) is 11.8. The van der Waals surface area contributed by atoms with Gasteiger partial charge in [0.15, 0.2) is 0 Å². The van der Waals surface area contributed by atoms with Crippen molar-refractivity contribution in [2.24, 2.45) is 0 Å². The third-order valence-electron chi connectivity index (χ3n) is 4.00. The van der Waals surface area contributed by atoms with Gasteiger partial charge in [0.25, 0.3) is 0 Å². The largest absolute Gasteiger partial charge is 0.480 e. The molecule has 0 aliphatic heterocycles. The molecule has 1 heterocycles. The van der Waals surface area contributed by atoms with E-state index in [4.69, 9.17) is 5.26 Å². The number of benzene rings is 2. The number of rotatable bonds is 4. The molecule has 3 rings (SSSR count). The second kappa shape index (κ2) is 6.51. The lowest BCUT2D eigenvalue weighted by molar-refractivity contribution is -0.138. The van der Waals surface area contributed by atoms with Crippen LogP contribution in [0.25, 0.3) is 21.2 Å². The third kappa shape index (κ3) is 3.26. The predicted octanol–water partition coefficient (Wildman–Crippen LogP) is 5.10. The first-order chi connectivity index (χ1) is 11.8. The summed E-state index contributed by atoms with van der Waals surface area (Å²) < 4.78 is 4.35. The molecule has 0 radical (unpaired) electrons. The summed E-state index contributed by atoms with van der Waals surface area (Å²) >= 11 is 2.72. The molecule has 0 aliphatic carbocycles. The topological polar surface area (TPSA) is 74.0 Å². The Hall–Kier alpha value is -2.36. The molecule has 0 saturated heterocycles. The van der Waals surface area contributed by atoms with Crippen molar-refractivity contribution in [3.63, 3.8) is 0 Å². The predicted molar refractivity (Wildman–Crippen MR) is 102 cm³/mol. The van der Waals surface area contributed by atoms with Crippen molar-refractivity contribution in [1.29, 1.82) is 5.26 Å². The van der Waals surface area contributed by atoms with Crippen LogP contribution in [-0.2, 0) is 4.79 Å². The highest BCUT2D eigenvalue weighted by Gasteiger charge is 2.30. The maximum atomic E-state index is 11.6. The molecule has 0 saturated carbocycles. The molecule has 3 aromatic rings. The number of nitriles is 1. The maximum absolute atomic E-state index is 11.6. The minimum atomic E-state index is -0.950. The Morgan fingerprint density at radius 3 is 2.72 bits per heavy atom. The molecule has 1 N–H and O–H groups in total. The number of carboxylic acid groups (broad SMARTS) is 1. The summed E-state index contributed by atoms with van der Waals surface area (Å²) in [5.41, 5.74) is 3.48. The highest BCUT2D eigenvalue weighted by molar-refractivity contribution is 8.01. The lowest BCUT2D eigenvalue weighted by Crippen LogP contribution is -2.26. The Balaban J connectivity index is 2.23. The number of aliphatic carboxylic acids is 1. The van der Waals surface area contributed by atoms with Gasteiger partial charge in [-0.15, -0.1) is 11.8 Å². The summed E-state index contributed by atoms with van der Waals surface area (Å²) in [5.74, 6) is -0.858. The van der Waals surface area contributed by atoms with Crippen LogP contribution in [0.2, 0.25) is 0 Å². The van der Waals surface area contributed by atoms with Crippen LogP contribution in [0.4, 0.5) is 0 Å². The number of hydrogen-bond acceptors (Lipinski definition) is 5. The molecule has 2 aromatic carbocycles. The molecule has 0 amide bonds. The minimum absolute atomic E-state index is 0.639. The molecular weight excluding hydrogens is 352 g/mol. The second-order valence-electron chi connectivity index (χ2n) is 6.24. The molecular formula is C19H16N2O2S2. The molecule has 0 fully saturated rings. The first-order valence-electron chi connectivity index (χ1n) is 7.64. The van der Waals surface area contributed by atoms with E-state index in [0.717, 1.165) is 31.7 Å². The number of aryl methyl sites for hydroxylation is 1. The smallest absolute Gasteiger partial charge is 0.319 e. The second-order valence-corrected chi connectivity index (χ2v) is 8.71. The normalized spacial score (nSPS) is 11.4. The minimum Gasteiger partial charge on any atom is -0.480 e. The van der Waals surface area contributed by atoms with Gasteiger partial charge in [-0.2, -0.15) is 9.64 Å². The molecule has 1 aromatic heterocycles. The first-order valence-corrected chi connectivity index (χ1v) is 9.23. The number of carboxylic acids is 1. The van der Waals surface area contributed by atoms with Gasteiger partial charge in [-0.05, 0) is 55.6 Å². The van der Waals surface area contributed by atoms with Crippen molar-refractivity contribution in [3.8, 4) is 17.2 Å². The van der Waals surface area contributed by atoms with Crippen LogP contribution >= 0.6 is 23.3 Å². The Morgan fingerprint density at radius 1 is 1.32 bits per heavy atom. The van der Waals surface area contributed by atoms with Gasteiger partial charge in [0.05, 0.1) is 16.3 Å². The standard InChI is InChI=1S/C19H16N2O2S2/c1-11-8-12(4-5-13(11)9-20)16-15(24-19(2,3)18(22)23)7-6-14-10-21-25-17(14)16/h4-8,10H,1-3H3,(H,22,23). The van der Waals surface area contributed by atoms with Gasteiger partial charge in [0.2, 0.25) is 0 Å². The molecule has 25 heavy (non-hydrogen) atoms. The van der Waals surface area contributed by atoms with E-state index in [0.29, 0.717) is 5.56 Å². The highest BCUT2D eigenvalue weighted by atomic mass is 32.2. The van der Waals surface area contributed by atoms with Crippen molar-refractivity contribution >= 4 is 39.3 Å². The van der Waals surface area contributed by atoms with Crippen LogP contribution in [0.3, 0.4) is 0 Å². The highest BCUT2D eigenvalue weighted by Crippen LogP contribution is 2.44. The van der Waals surface area contributed by atoms with Gasteiger partial charge in [0.1, 0.15) is 4.75 Å². The Bertz CT molecular complexity index is 1020. The average Bonchev–Trinajstić information content (AvgIpc) is 3.02. The number of nitrogens with zero attached hydrogens (tertiary/aromatic N) is 2. The van der Waals surface area contributed by atoms with Gasteiger partial charge < -0.3 is 5.11 Å². The van der Waals surface area contributed by atoms with Gasteiger partial charge in [-0.3, -0.25) is 4.79 Å². The molecule has 0 unspecified atom stereocenters. The number of fused-ring (bicyclic) bond motifs is 1. The fourth-order valence-corrected chi connectivity index (χ4v) is 4.51.